The fourth-order valence-electron chi connectivity index (χ4n) is 2.34. The van der Waals surface area contributed by atoms with E-state index in [4.69, 9.17) is 5.73 Å². The lowest BCUT2D eigenvalue weighted by Crippen LogP contribution is -2.22. The summed E-state index contributed by atoms with van der Waals surface area (Å²) in [4.78, 5) is 2.39. The van der Waals surface area contributed by atoms with Crippen molar-refractivity contribution in [1.82, 2.24) is 4.90 Å². The number of hydrogen-bond donors (Lipinski definition) is 1. The highest BCUT2D eigenvalue weighted by atomic mass is 79.9. The molecule has 3 heteroatoms. The Morgan fingerprint density at radius 1 is 1.21 bits per heavy atom. The Balaban J connectivity index is 2.32. The highest BCUT2D eigenvalue weighted by molar-refractivity contribution is 9.10. The van der Waals surface area contributed by atoms with E-state index in [0.29, 0.717) is 5.41 Å². The van der Waals surface area contributed by atoms with E-state index in [9.17, 15) is 0 Å². The molecule has 0 spiro atoms. The Morgan fingerprint density at radius 3 is 2.53 bits per heavy atom. The van der Waals surface area contributed by atoms with E-state index in [1.807, 2.05) is 0 Å². The molecule has 0 saturated heterocycles. The highest BCUT2D eigenvalue weighted by Crippen LogP contribution is 2.26. The second-order valence-corrected chi connectivity index (χ2v) is 6.99. The van der Waals surface area contributed by atoms with Crippen LogP contribution in [-0.2, 0) is 6.54 Å². The normalized spacial score (nSPS) is 12.1. The maximum atomic E-state index is 5.65. The predicted molar refractivity (Wildman–Crippen MR) is 87.2 cm³/mol. The van der Waals surface area contributed by atoms with Gasteiger partial charge >= 0.3 is 0 Å². The predicted octanol–water partition coefficient (Wildman–Crippen LogP) is 4.04. The Hall–Kier alpha value is -0.380. The molecule has 0 atom stereocenters. The minimum Gasteiger partial charge on any atom is -0.330 e. The van der Waals surface area contributed by atoms with Crippen molar-refractivity contribution < 1.29 is 0 Å². The molecule has 2 N–H and O–H groups in total. The van der Waals surface area contributed by atoms with Gasteiger partial charge in [0, 0.05) is 11.0 Å². The average Bonchev–Trinajstić information content (AvgIpc) is 2.31. The first-order valence-corrected chi connectivity index (χ1v) is 7.86. The molecule has 1 aromatic carbocycles. The van der Waals surface area contributed by atoms with E-state index in [1.165, 1.54) is 22.9 Å². The second kappa shape index (κ2) is 8.03. The smallest absolute Gasteiger partial charge is 0.0241 e. The van der Waals surface area contributed by atoms with Gasteiger partial charge in [-0.1, -0.05) is 48.0 Å². The number of hydrogen-bond acceptors (Lipinski definition) is 2. The maximum Gasteiger partial charge on any atom is 0.0241 e. The minimum atomic E-state index is 0.378. The third-order valence-electron chi connectivity index (χ3n) is 3.61. The molecule has 0 aromatic heterocycles. The zero-order chi connectivity index (χ0) is 14.3. The molecule has 0 radical (unpaired) electrons. The molecule has 0 aliphatic rings. The Kier molecular flexibility index (Phi) is 7.05. The summed E-state index contributed by atoms with van der Waals surface area (Å²) in [6, 6.07) is 8.44. The summed E-state index contributed by atoms with van der Waals surface area (Å²) < 4.78 is 1.20. The molecule has 0 amide bonds. The molecule has 1 rings (SSSR count). The van der Waals surface area contributed by atoms with Crippen molar-refractivity contribution in [3.8, 4) is 0 Å². The summed E-state index contributed by atoms with van der Waals surface area (Å²) in [6.45, 7) is 7.55. The molecule has 0 unspecified atom stereocenters. The van der Waals surface area contributed by atoms with Crippen molar-refractivity contribution >= 4 is 15.9 Å². The largest absolute Gasteiger partial charge is 0.330 e. The van der Waals surface area contributed by atoms with Gasteiger partial charge in [0.05, 0.1) is 0 Å². The van der Waals surface area contributed by atoms with Crippen molar-refractivity contribution in [2.45, 2.75) is 39.7 Å². The molecule has 0 aliphatic carbocycles. The van der Waals surface area contributed by atoms with Crippen molar-refractivity contribution in [3.63, 3.8) is 0 Å². The van der Waals surface area contributed by atoms with Crippen molar-refractivity contribution in [2.75, 3.05) is 20.1 Å². The lowest BCUT2D eigenvalue weighted by molar-refractivity contribution is 0.259. The van der Waals surface area contributed by atoms with Crippen LogP contribution in [-0.4, -0.2) is 25.0 Å². The van der Waals surface area contributed by atoms with E-state index in [2.05, 4.69) is 66.0 Å². The van der Waals surface area contributed by atoms with Gasteiger partial charge in [0.25, 0.3) is 0 Å². The van der Waals surface area contributed by atoms with Gasteiger partial charge in [-0.3, -0.25) is 0 Å². The molecular weight excluding hydrogens is 300 g/mol. The highest BCUT2D eigenvalue weighted by Gasteiger charge is 2.16. The van der Waals surface area contributed by atoms with Crippen molar-refractivity contribution in [2.24, 2.45) is 11.1 Å². The summed E-state index contributed by atoms with van der Waals surface area (Å²) in [5, 5.41) is 0. The lowest BCUT2D eigenvalue weighted by atomic mass is 9.84. The van der Waals surface area contributed by atoms with Gasteiger partial charge in [-0.15, -0.1) is 0 Å². The zero-order valence-electron chi connectivity index (χ0n) is 12.5. The lowest BCUT2D eigenvalue weighted by Gasteiger charge is -2.25. The van der Waals surface area contributed by atoms with Gasteiger partial charge < -0.3 is 10.6 Å². The van der Waals surface area contributed by atoms with Crippen LogP contribution in [0.25, 0.3) is 0 Å². The SMILES string of the molecule is CN(CCCC(C)(C)CCN)Cc1ccccc1Br. The first-order chi connectivity index (χ1) is 8.94. The second-order valence-electron chi connectivity index (χ2n) is 6.14. The summed E-state index contributed by atoms with van der Waals surface area (Å²) in [7, 11) is 2.19. The first-order valence-electron chi connectivity index (χ1n) is 7.06. The summed E-state index contributed by atoms with van der Waals surface area (Å²) >= 11 is 3.60. The summed E-state index contributed by atoms with van der Waals surface area (Å²) in [5.74, 6) is 0. The molecule has 0 aliphatic heterocycles. The van der Waals surface area contributed by atoms with Crippen LogP contribution in [0.1, 0.15) is 38.7 Å². The first kappa shape index (κ1) is 16.7. The van der Waals surface area contributed by atoms with Gasteiger partial charge in [0.15, 0.2) is 0 Å². The summed E-state index contributed by atoms with van der Waals surface area (Å²) in [6.07, 6.45) is 3.58. The van der Waals surface area contributed by atoms with Crippen LogP contribution in [0.5, 0.6) is 0 Å². The molecule has 19 heavy (non-hydrogen) atoms. The van der Waals surface area contributed by atoms with Crippen LogP contribution < -0.4 is 5.73 Å². The molecule has 0 fully saturated rings. The van der Waals surface area contributed by atoms with Gasteiger partial charge in [-0.25, -0.2) is 0 Å². The molecule has 0 bridgehead atoms. The van der Waals surface area contributed by atoms with Gasteiger partial charge in [-0.2, -0.15) is 0 Å². The number of nitrogens with zero attached hydrogens (tertiary/aromatic N) is 1. The van der Waals surface area contributed by atoms with E-state index in [1.54, 1.807) is 0 Å². The van der Waals surface area contributed by atoms with Gasteiger partial charge in [0.1, 0.15) is 0 Å². The molecule has 2 nitrogen and oxygen atoms in total. The van der Waals surface area contributed by atoms with E-state index in [0.717, 1.165) is 26.1 Å². The van der Waals surface area contributed by atoms with E-state index in [-0.39, 0.29) is 0 Å². The van der Waals surface area contributed by atoms with Crippen LogP contribution in [0.4, 0.5) is 0 Å². The molecule has 1 aromatic rings. The Bertz CT molecular complexity index is 377. The standard InChI is InChI=1S/C16H27BrN2/c1-16(2,10-11-18)9-6-12-19(3)13-14-7-4-5-8-15(14)17/h4-5,7-8H,6,9-13,18H2,1-3H3. The molecule has 108 valence electrons. The van der Waals surface area contributed by atoms with E-state index >= 15 is 0 Å². The molecule has 0 saturated carbocycles. The van der Waals surface area contributed by atoms with Crippen LogP contribution in [0, 0.1) is 5.41 Å². The summed E-state index contributed by atoms with van der Waals surface area (Å²) in [5.41, 5.74) is 7.38. The number of halogens is 1. The fraction of sp³-hybridized carbons (Fsp3) is 0.625. The Morgan fingerprint density at radius 2 is 1.89 bits per heavy atom. The maximum absolute atomic E-state index is 5.65. The van der Waals surface area contributed by atoms with Gasteiger partial charge in [0.2, 0.25) is 0 Å². The fourth-order valence-corrected chi connectivity index (χ4v) is 2.75. The zero-order valence-corrected chi connectivity index (χ0v) is 14.0. The minimum absolute atomic E-state index is 0.378. The van der Waals surface area contributed by atoms with Gasteiger partial charge in [-0.05, 0) is 56.4 Å². The van der Waals surface area contributed by atoms with Crippen molar-refractivity contribution in [3.05, 3.63) is 34.3 Å². The third-order valence-corrected chi connectivity index (χ3v) is 4.39. The number of benzene rings is 1. The third kappa shape index (κ3) is 6.55. The topological polar surface area (TPSA) is 29.3 Å². The van der Waals surface area contributed by atoms with E-state index < -0.39 is 0 Å². The quantitative estimate of drug-likeness (QED) is 0.781. The average molecular weight is 327 g/mol. The number of rotatable bonds is 8. The molecule has 0 heterocycles. The Labute approximate surface area is 126 Å². The van der Waals surface area contributed by atoms with Crippen LogP contribution >= 0.6 is 15.9 Å². The monoisotopic (exact) mass is 326 g/mol. The van der Waals surface area contributed by atoms with Crippen LogP contribution in [0.3, 0.4) is 0 Å². The molecular formula is C16H27BrN2. The number of nitrogens with two attached hydrogens (primary N) is 1. The van der Waals surface area contributed by atoms with Crippen LogP contribution in [0.15, 0.2) is 28.7 Å². The van der Waals surface area contributed by atoms with Crippen molar-refractivity contribution in [1.29, 1.82) is 0 Å². The van der Waals surface area contributed by atoms with Crippen LogP contribution in [0.2, 0.25) is 0 Å².